The van der Waals surface area contributed by atoms with E-state index in [1.165, 1.54) is 12.1 Å². The molecular formula is C23H22FN3O. The van der Waals surface area contributed by atoms with Crippen LogP contribution in [0.15, 0.2) is 54.6 Å². The molecule has 0 bridgehead atoms. The van der Waals surface area contributed by atoms with Crippen molar-refractivity contribution in [3.05, 3.63) is 66.0 Å². The van der Waals surface area contributed by atoms with Crippen molar-refractivity contribution in [1.29, 1.82) is 0 Å². The summed E-state index contributed by atoms with van der Waals surface area (Å²) in [5.41, 5.74) is 9.14. The fourth-order valence-corrected chi connectivity index (χ4v) is 4.76. The summed E-state index contributed by atoms with van der Waals surface area (Å²) in [6.45, 7) is 1.51. The number of halogens is 1. The molecule has 2 heterocycles. The Morgan fingerprint density at radius 3 is 2.64 bits per heavy atom. The lowest BCUT2D eigenvalue weighted by atomic mass is 9.98. The average Bonchev–Trinajstić information content (AvgIpc) is 3.29. The van der Waals surface area contributed by atoms with E-state index < -0.39 is 0 Å². The largest absolute Gasteiger partial charge is 0.338 e. The van der Waals surface area contributed by atoms with E-state index in [1.807, 2.05) is 35.2 Å². The normalized spacial score (nSPS) is 23.9. The quantitative estimate of drug-likeness (QED) is 0.740. The monoisotopic (exact) mass is 375 g/mol. The van der Waals surface area contributed by atoms with Crippen LogP contribution in [0, 0.1) is 17.7 Å². The number of fused-ring (bicyclic) bond motifs is 2. The lowest BCUT2D eigenvalue weighted by Crippen LogP contribution is -2.33. The Morgan fingerprint density at radius 1 is 1.07 bits per heavy atom. The predicted molar refractivity (Wildman–Crippen MR) is 107 cm³/mol. The van der Waals surface area contributed by atoms with E-state index >= 15 is 0 Å². The van der Waals surface area contributed by atoms with Crippen molar-refractivity contribution < 1.29 is 9.18 Å². The van der Waals surface area contributed by atoms with Gasteiger partial charge in [-0.15, -0.1) is 0 Å². The van der Waals surface area contributed by atoms with Gasteiger partial charge in [-0.3, -0.25) is 4.79 Å². The number of carbonyl (C=O) groups excluding carboxylic acids is 1. The standard InChI is InChI=1S/C23H22FN3O/c24-16-8-5-14(6-9-16)22-11-18(17-3-1-2-4-21(17)26-22)23(28)27-12-15-7-10-20(25)19(15)13-27/h1-6,8-9,11,15,19-20H,7,10,12-13,25H2. The Bertz CT molecular complexity index is 1050. The fourth-order valence-electron chi connectivity index (χ4n) is 4.76. The van der Waals surface area contributed by atoms with Crippen molar-refractivity contribution >= 4 is 16.8 Å². The second-order valence-corrected chi connectivity index (χ2v) is 7.95. The Balaban J connectivity index is 1.56. The number of hydrogen-bond acceptors (Lipinski definition) is 3. The van der Waals surface area contributed by atoms with Gasteiger partial charge in [0.2, 0.25) is 0 Å². The van der Waals surface area contributed by atoms with Gasteiger partial charge in [-0.2, -0.15) is 0 Å². The number of nitrogens with zero attached hydrogens (tertiary/aromatic N) is 2. The molecule has 1 aliphatic carbocycles. The minimum Gasteiger partial charge on any atom is -0.338 e. The maximum atomic E-state index is 13.4. The molecule has 0 spiro atoms. The number of nitrogens with two attached hydrogens (primary N) is 1. The summed E-state index contributed by atoms with van der Waals surface area (Å²) in [6.07, 6.45) is 2.16. The zero-order valence-corrected chi connectivity index (χ0v) is 15.5. The number of amides is 1. The third-order valence-electron chi connectivity index (χ3n) is 6.29. The highest BCUT2D eigenvalue weighted by atomic mass is 19.1. The molecule has 5 rings (SSSR count). The van der Waals surface area contributed by atoms with Crippen molar-refractivity contribution in [2.75, 3.05) is 13.1 Å². The van der Waals surface area contributed by atoms with Crippen molar-refractivity contribution in [1.82, 2.24) is 9.88 Å². The summed E-state index contributed by atoms with van der Waals surface area (Å²) >= 11 is 0. The zero-order chi connectivity index (χ0) is 19.3. The molecule has 1 saturated carbocycles. The van der Waals surface area contributed by atoms with Crippen molar-refractivity contribution in [3.8, 4) is 11.3 Å². The van der Waals surface area contributed by atoms with Crippen LogP contribution in [-0.2, 0) is 0 Å². The first-order valence-corrected chi connectivity index (χ1v) is 9.81. The van der Waals surface area contributed by atoms with E-state index in [2.05, 4.69) is 0 Å². The van der Waals surface area contributed by atoms with Gasteiger partial charge in [0.15, 0.2) is 0 Å². The van der Waals surface area contributed by atoms with Gasteiger partial charge in [-0.25, -0.2) is 9.37 Å². The first kappa shape index (κ1) is 17.3. The zero-order valence-electron chi connectivity index (χ0n) is 15.5. The molecule has 2 N–H and O–H groups in total. The third kappa shape index (κ3) is 2.87. The maximum Gasteiger partial charge on any atom is 0.254 e. The molecule has 3 unspecified atom stereocenters. The number of aromatic nitrogens is 1. The van der Waals surface area contributed by atoms with Crippen LogP contribution in [0.3, 0.4) is 0 Å². The number of rotatable bonds is 2. The summed E-state index contributed by atoms with van der Waals surface area (Å²) in [7, 11) is 0. The van der Waals surface area contributed by atoms with Gasteiger partial charge < -0.3 is 10.6 Å². The minimum atomic E-state index is -0.291. The molecule has 4 nitrogen and oxygen atoms in total. The number of benzene rings is 2. The lowest BCUT2D eigenvalue weighted by molar-refractivity contribution is 0.0781. The van der Waals surface area contributed by atoms with Crippen LogP contribution in [0.25, 0.3) is 22.2 Å². The van der Waals surface area contributed by atoms with E-state index in [9.17, 15) is 9.18 Å². The molecule has 2 aromatic carbocycles. The van der Waals surface area contributed by atoms with Crippen LogP contribution >= 0.6 is 0 Å². The van der Waals surface area contributed by atoms with E-state index in [1.54, 1.807) is 12.1 Å². The molecule has 0 radical (unpaired) electrons. The predicted octanol–water partition coefficient (Wildman–Crippen LogP) is 3.85. The molecule has 3 aromatic rings. The topological polar surface area (TPSA) is 59.2 Å². The van der Waals surface area contributed by atoms with E-state index in [0.29, 0.717) is 23.1 Å². The second-order valence-electron chi connectivity index (χ2n) is 7.95. The summed E-state index contributed by atoms with van der Waals surface area (Å²) in [5, 5.41) is 0.847. The summed E-state index contributed by atoms with van der Waals surface area (Å²) in [4.78, 5) is 20.1. The van der Waals surface area contributed by atoms with Crippen molar-refractivity contribution in [3.63, 3.8) is 0 Å². The van der Waals surface area contributed by atoms with Crippen LogP contribution in [0.5, 0.6) is 0 Å². The smallest absolute Gasteiger partial charge is 0.254 e. The highest BCUT2D eigenvalue weighted by molar-refractivity contribution is 6.07. The molecule has 3 atom stereocenters. The van der Waals surface area contributed by atoms with Gasteiger partial charge in [-0.1, -0.05) is 18.2 Å². The molecule has 1 amide bonds. The fraction of sp³-hybridized carbons (Fsp3) is 0.304. The molecule has 5 heteroatoms. The SMILES string of the molecule is NC1CCC2CN(C(=O)c3cc(-c4ccc(F)cc4)nc4ccccc34)CC12. The van der Waals surface area contributed by atoms with Gasteiger partial charge in [0.05, 0.1) is 16.8 Å². The minimum absolute atomic E-state index is 0.0311. The first-order valence-electron chi connectivity index (χ1n) is 9.81. The molecule has 1 aromatic heterocycles. The van der Waals surface area contributed by atoms with Gasteiger partial charge in [0.1, 0.15) is 5.82 Å². The summed E-state index contributed by atoms with van der Waals surface area (Å²) in [6, 6.07) is 15.9. The van der Waals surface area contributed by atoms with Gasteiger partial charge in [-0.05, 0) is 61.1 Å². The van der Waals surface area contributed by atoms with Crippen LogP contribution in [0.2, 0.25) is 0 Å². The van der Waals surface area contributed by atoms with Gasteiger partial charge in [0, 0.05) is 30.1 Å². The number of carbonyl (C=O) groups is 1. The maximum absolute atomic E-state index is 13.4. The van der Waals surface area contributed by atoms with Crippen LogP contribution in [0.1, 0.15) is 23.2 Å². The molecule has 1 saturated heterocycles. The Kier molecular flexibility index (Phi) is 4.13. The first-order chi connectivity index (χ1) is 13.6. The third-order valence-corrected chi connectivity index (χ3v) is 6.29. The number of pyridine rings is 1. The highest BCUT2D eigenvalue weighted by Crippen LogP contribution is 2.38. The molecular weight excluding hydrogens is 353 g/mol. The summed E-state index contributed by atoms with van der Waals surface area (Å²) < 4.78 is 13.3. The van der Waals surface area contributed by atoms with Crippen molar-refractivity contribution in [2.45, 2.75) is 18.9 Å². The Hall–Kier alpha value is -2.79. The lowest BCUT2D eigenvalue weighted by Gasteiger charge is -2.20. The van der Waals surface area contributed by atoms with Crippen LogP contribution in [-0.4, -0.2) is 34.9 Å². The van der Waals surface area contributed by atoms with E-state index in [-0.39, 0.29) is 17.8 Å². The van der Waals surface area contributed by atoms with Crippen molar-refractivity contribution in [2.24, 2.45) is 17.6 Å². The van der Waals surface area contributed by atoms with E-state index in [4.69, 9.17) is 10.7 Å². The van der Waals surface area contributed by atoms with Crippen LogP contribution < -0.4 is 5.73 Å². The number of para-hydroxylation sites is 1. The highest BCUT2D eigenvalue weighted by Gasteiger charge is 2.42. The van der Waals surface area contributed by atoms with Gasteiger partial charge in [0.25, 0.3) is 5.91 Å². The number of likely N-dealkylation sites (tertiary alicyclic amines) is 1. The van der Waals surface area contributed by atoms with E-state index in [0.717, 1.165) is 42.4 Å². The molecule has 2 fully saturated rings. The average molecular weight is 375 g/mol. The summed E-state index contributed by atoms with van der Waals surface area (Å²) in [5.74, 6) is 0.668. The second kappa shape index (κ2) is 6.67. The molecule has 2 aliphatic rings. The molecule has 1 aliphatic heterocycles. The van der Waals surface area contributed by atoms with Gasteiger partial charge >= 0.3 is 0 Å². The Morgan fingerprint density at radius 2 is 1.86 bits per heavy atom. The molecule has 28 heavy (non-hydrogen) atoms. The Labute approximate surface area is 163 Å². The van der Waals surface area contributed by atoms with Crippen LogP contribution in [0.4, 0.5) is 4.39 Å². The molecule has 142 valence electrons. The number of hydrogen-bond donors (Lipinski definition) is 1.